The van der Waals surface area contributed by atoms with Crippen molar-refractivity contribution in [1.82, 2.24) is 29.3 Å². The Morgan fingerprint density at radius 2 is 2.22 bits per heavy atom. The van der Waals surface area contributed by atoms with Crippen LogP contribution in [-0.2, 0) is 13.1 Å². The van der Waals surface area contributed by atoms with Gasteiger partial charge in [-0.3, -0.25) is 0 Å². The summed E-state index contributed by atoms with van der Waals surface area (Å²) in [6.07, 6.45) is 6.76. The Bertz CT molecular complexity index is 591. The minimum absolute atomic E-state index is 0.122. The fourth-order valence-corrected chi connectivity index (χ4v) is 2.16. The van der Waals surface area contributed by atoms with Crippen LogP contribution in [0.2, 0.25) is 0 Å². The molecule has 3 rings (SSSR count). The molecule has 0 atom stereocenters. The fourth-order valence-electron chi connectivity index (χ4n) is 2.16. The molecule has 0 unspecified atom stereocenters. The average Bonchev–Trinajstić information content (AvgIpc) is 2.88. The van der Waals surface area contributed by atoms with E-state index in [1.54, 1.807) is 12.5 Å². The quantitative estimate of drug-likeness (QED) is 0.786. The topological polar surface area (TPSA) is 70.5 Å². The number of imidazole rings is 1. The highest BCUT2D eigenvalue weighted by atomic mass is 16.2. The zero-order valence-corrected chi connectivity index (χ0v) is 10.4. The molecule has 0 N–H and O–H groups in total. The predicted octanol–water partition coefficient (Wildman–Crippen LogP) is 0.429. The lowest BCUT2D eigenvalue weighted by atomic mass is 9.93. The summed E-state index contributed by atoms with van der Waals surface area (Å²) in [7, 11) is 0. The molecular weight excluding hydrogens is 232 g/mol. The molecule has 1 saturated carbocycles. The van der Waals surface area contributed by atoms with E-state index >= 15 is 0 Å². The summed E-state index contributed by atoms with van der Waals surface area (Å²) in [5.74, 6) is 0. The standard InChI is InChI=1S/C11H16N6O/c1-2-15-8-12-6-10(15)7-16-11(18)17(14-13-16)9-4-3-5-9/h6,8-9H,2-5,7H2,1H3. The summed E-state index contributed by atoms with van der Waals surface area (Å²) in [5, 5.41) is 7.91. The lowest BCUT2D eigenvalue weighted by Gasteiger charge is -2.23. The highest BCUT2D eigenvalue weighted by molar-refractivity contribution is 4.98. The van der Waals surface area contributed by atoms with Crippen molar-refractivity contribution in [1.29, 1.82) is 0 Å². The van der Waals surface area contributed by atoms with Gasteiger partial charge < -0.3 is 4.57 Å². The highest BCUT2D eigenvalue weighted by Crippen LogP contribution is 2.28. The molecule has 0 aliphatic heterocycles. The van der Waals surface area contributed by atoms with Gasteiger partial charge in [0.05, 0.1) is 30.8 Å². The van der Waals surface area contributed by atoms with Crippen LogP contribution >= 0.6 is 0 Å². The summed E-state index contributed by atoms with van der Waals surface area (Å²) < 4.78 is 4.91. The van der Waals surface area contributed by atoms with Gasteiger partial charge in [0.2, 0.25) is 0 Å². The molecular formula is C11H16N6O. The number of aromatic nitrogens is 6. The first kappa shape index (κ1) is 11.2. The summed E-state index contributed by atoms with van der Waals surface area (Å²) in [5.41, 5.74) is 0.851. The molecule has 1 fully saturated rings. The molecule has 2 heterocycles. The Labute approximate surface area is 104 Å². The zero-order valence-electron chi connectivity index (χ0n) is 10.4. The van der Waals surface area contributed by atoms with E-state index in [4.69, 9.17) is 0 Å². The minimum atomic E-state index is -0.122. The first-order chi connectivity index (χ1) is 8.79. The Morgan fingerprint density at radius 1 is 1.39 bits per heavy atom. The smallest absolute Gasteiger partial charge is 0.333 e. The van der Waals surface area contributed by atoms with E-state index in [0.29, 0.717) is 6.54 Å². The maximum atomic E-state index is 12.1. The second-order valence-corrected chi connectivity index (χ2v) is 4.62. The van der Waals surface area contributed by atoms with E-state index in [-0.39, 0.29) is 11.7 Å². The van der Waals surface area contributed by atoms with E-state index in [1.807, 2.05) is 11.5 Å². The molecule has 18 heavy (non-hydrogen) atoms. The van der Waals surface area contributed by atoms with Crippen LogP contribution in [0.15, 0.2) is 17.3 Å². The van der Waals surface area contributed by atoms with Crippen molar-refractivity contribution in [2.24, 2.45) is 0 Å². The molecule has 7 heteroatoms. The molecule has 1 aliphatic rings. The van der Waals surface area contributed by atoms with E-state index < -0.39 is 0 Å². The van der Waals surface area contributed by atoms with Crippen LogP contribution in [0.1, 0.15) is 37.9 Å². The van der Waals surface area contributed by atoms with Gasteiger partial charge in [-0.2, -0.15) is 9.36 Å². The van der Waals surface area contributed by atoms with Crippen molar-refractivity contribution in [3.63, 3.8) is 0 Å². The van der Waals surface area contributed by atoms with Crippen molar-refractivity contribution in [2.45, 2.75) is 45.3 Å². The molecule has 7 nitrogen and oxygen atoms in total. The number of hydrogen-bond acceptors (Lipinski definition) is 4. The number of tetrazole rings is 1. The van der Waals surface area contributed by atoms with Crippen LogP contribution in [0.4, 0.5) is 0 Å². The first-order valence-electron chi connectivity index (χ1n) is 6.31. The summed E-state index contributed by atoms with van der Waals surface area (Å²) in [6, 6.07) is 0.252. The summed E-state index contributed by atoms with van der Waals surface area (Å²) in [4.78, 5) is 16.2. The van der Waals surface area contributed by atoms with Crippen molar-refractivity contribution in [3.05, 3.63) is 28.7 Å². The van der Waals surface area contributed by atoms with Gasteiger partial charge in [-0.1, -0.05) is 0 Å². The van der Waals surface area contributed by atoms with Gasteiger partial charge in [0, 0.05) is 6.54 Å². The van der Waals surface area contributed by atoms with Crippen LogP contribution < -0.4 is 5.69 Å². The van der Waals surface area contributed by atoms with Crippen molar-refractivity contribution < 1.29 is 0 Å². The van der Waals surface area contributed by atoms with Gasteiger partial charge in [0.1, 0.15) is 0 Å². The SMILES string of the molecule is CCn1cncc1Cn1nnn(C2CCC2)c1=O. The normalized spacial score (nSPS) is 15.8. The molecule has 1 aliphatic carbocycles. The second-order valence-electron chi connectivity index (χ2n) is 4.62. The van der Waals surface area contributed by atoms with E-state index in [9.17, 15) is 4.79 Å². The molecule has 0 amide bonds. The lowest BCUT2D eigenvalue weighted by Crippen LogP contribution is -2.32. The third-order valence-electron chi connectivity index (χ3n) is 3.53. The van der Waals surface area contributed by atoms with E-state index in [2.05, 4.69) is 15.4 Å². The fraction of sp³-hybridized carbons (Fsp3) is 0.636. The third kappa shape index (κ3) is 1.75. The van der Waals surface area contributed by atoms with Crippen LogP contribution in [-0.4, -0.2) is 29.3 Å². The largest absolute Gasteiger partial charge is 0.364 e. The van der Waals surface area contributed by atoms with Gasteiger partial charge in [-0.05, 0) is 36.6 Å². The van der Waals surface area contributed by atoms with E-state index in [0.717, 1.165) is 25.1 Å². The van der Waals surface area contributed by atoms with Crippen molar-refractivity contribution in [3.8, 4) is 0 Å². The van der Waals surface area contributed by atoms with E-state index in [1.165, 1.54) is 15.8 Å². The lowest BCUT2D eigenvalue weighted by molar-refractivity contribution is 0.277. The van der Waals surface area contributed by atoms with Gasteiger partial charge in [-0.15, -0.1) is 0 Å². The maximum absolute atomic E-state index is 12.1. The average molecular weight is 248 g/mol. The van der Waals surface area contributed by atoms with Gasteiger partial charge in [0.25, 0.3) is 0 Å². The molecule has 2 aromatic rings. The third-order valence-corrected chi connectivity index (χ3v) is 3.53. The monoisotopic (exact) mass is 248 g/mol. The Morgan fingerprint density at radius 3 is 2.89 bits per heavy atom. The van der Waals surface area contributed by atoms with Crippen LogP contribution in [0.3, 0.4) is 0 Å². The van der Waals surface area contributed by atoms with Crippen molar-refractivity contribution >= 4 is 0 Å². The maximum Gasteiger partial charge on any atom is 0.364 e. The van der Waals surface area contributed by atoms with Gasteiger partial charge in [0.15, 0.2) is 0 Å². The molecule has 2 aromatic heterocycles. The van der Waals surface area contributed by atoms with Crippen LogP contribution in [0.25, 0.3) is 0 Å². The molecule has 96 valence electrons. The summed E-state index contributed by atoms with van der Waals surface area (Å²) >= 11 is 0. The molecule has 0 saturated heterocycles. The first-order valence-corrected chi connectivity index (χ1v) is 6.31. The van der Waals surface area contributed by atoms with Gasteiger partial charge in [-0.25, -0.2) is 9.78 Å². The second kappa shape index (κ2) is 4.40. The molecule has 0 spiro atoms. The highest BCUT2D eigenvalue weighted by Gasteiger charge is 2.23. The Kier molecular flexibility index (Phi) is 2.73. The van der Waals surface area contributed by atoms with Gasteiger partial charge >= 0.3 is 5.69 Å². The van der Waals surface area contributed by atoms with Crippen LogP contribution in [0, 0.1) is 0 Å². The minimum Gasteiger partial charge on any atom is -0.333 e. The Balaban J connectivity index is 1.85. The molecule has 0 aromatic carbocycles. The Hall–Kier alpha value is -1.92. The molecule has 0 radical (unpaired) electrons. The molecule has 0 bridgehead atoms. The predicted molar refractivity (Wildman–Crippen MR) is 64.2 cm³/mol. The zero-order chi connectivity index (χ0) is 12.5. The van der Waals surface area contributed by atoms with Crippen molar-refractivity contribution in [2.75, 3.05) is 0 Å². The van der Waals surface area contributed by atoms with Crippen LogP contribution in [0.5, 0.6) is 0 Å². The number of hydrogen-bond donors (Lipinski definition) is 0. The number of aryl methyl sites for hydroxylation is 1. The number of nitrogens with zero attached hydrogens (tertiary/aromatic N) is 6. The summed E-state index contributed by atoms with van der Waals surface area (Å²) in [6.45, 7) is 3.30. The number of rotatable bonds is 4.